The highest BCUT2D eigenvalue weighted by Crippen LogP contribution is 2.23. The van der Waals surface area contributed by atoms with Crippen molar-refractivity contribution >= 4 is 5.91 Å². The van der Waals surface area contributed by atoms with Gasteiger partial charge in [0.15, 0.2) is 0 Å². The van der Waals surface area contributed by atoms with E-state index < -0.39 is 0 Å². The predicted octanol–water partition coefficient (Wildman–Crippen LogP) is 2.20. The maximum absolute atomic E-state index is 12.5. The van der Waals surface area contributed by atoms with Gasteiger partial charge < -0.3 is 5.32 Å². The van der Waals surface area contributed by atoms with Gasteiger partial charge in [0.25, 0.3) is 0 Å². The van der Waals surface area contributed by atoms with Crippen LogP contribution >= 0.6 is 0 Å². The molecule has 0 bridgehead atoms. The third-order valence-corrected chi connectivity index (χ3v) is 5.16. The van der Waals surface area contributed by atoms with Crippen LogP contribution in [0.15, 0.2) is 41.2 Å². The van der Waals surface area contributed by atoms with Crippen molar-refractivity contribution in [2.45, 2.75) is 45.7 Å². The van der Waals surface area contributed by atoms with Crippen LogP contribution in [-0.4, -0.2) is 40.0 Å². The van der Waals surface area contributed by atoms with E-state index >= 15 is 0 Å². The molecule has 6 heteroatoms. The lowest BCUT2D eigenvalue weighted by atomic mass is 10.0. The fourth-order valence-electron chi connectivity index (χ4n) is 3.74. The Hall–Kier alpha value is -2.47. The Labute approximate surface area is 160 Å². The first-order valence-corrected chi connectivity index (χ1v) is 9.65. The van der Waals surface area contributed by atoms with Gasteiger partial charge in [-0.3, -0.25) is 14.3 Å². The number of hydrogen-bond acceptors (Lipinski definition) is 4. The summed E-state index contributed by atoms with van der Waals surface area (Å²) < 4.78 is 1.42. The van der Waals surface area contributed by atoms with Crippen LogP contribution < -0.4 is 11.0 Å². The van der Waals surface area contributed by atoms with Gasteiger partial charge in [-0.25, -0.2) is 4.79 Å². The normalized spacial score (nSPS) is 16.1. The molecule has 0 aliphatic carbocycles. The van der Waals surface area contributed by atoms with Crippen LogP contribution in [-0.2, 0) is 11.3 Å². The second kappa shape index (κ2) is 8.95. The van der Waals surface area contributed by atoms with E-state index in [2.05, 4.69) is 27.3 Å². The molecule has 1 aliphatic rings. The Balaban J connectivity index is 1.68. The Morgan fingerprint density at radius 2 is 1.85 bits per heavy atom. The van der Waals surface area contributed by atoms with Crippen molar-refractivity contribution in [2.75, 3.05) is 19.6 Å². The van der Waals surface area contributed by atoms with Crippen molar-refractivity contribution in [3.8, 4) is 0 Å². The van der Waals surface area contributed by atoms with Crippen molar-refractivity contribution in [2.24, 2.45) is 0 Å². The zero-order valence-electron chi connectivity index (χ0n) is 16.1. The molecule has 1 saturated heterocycles. The molecule has 1 aromatic carbocycles. The summed E-state index contributed by atoms with van der Waals surface area (Å²) in [6.07, 6.45) is 3.66. The number of hydrogen-bond donors (Lipinski definition) is 1. The second-order valence-corrected chi connectivity index (χ2v) is 7.23. The zero-order valence-corrected chi connectivity index (χ0v) is 16.1. The molecule has 0 saturated carbocycles. The smallest absolute Gasteiger partial charge is 0.348 e. The molecular weight excluding hydrogens is 340 g/mol. The summed E-state index contributed by atoms with van der Waals surface area (Å²) in [6.45, 7) is 6.24. The summed E-state index contributed by atoms with van der Waals surface area (Å²) in [5, 5.41) is 3.03. The maximum atomic E-state index is 12.5. The summed E-state index contributed by atoms with van der Waals surface area (Å²) in [6, 6.07) is 12.3. The van der Waals surface area contributed by atoms with Gasteiger partial charge in [0.05, 0.1) is 6.04 Å². The van der Waals surface area contributed by atoms with E-state index in [1.165, 1.54) is 29.4 Å². The highest BCUT2D eigenvalue weighted by Gasteiger charge is 2.22. The number of aromatic nitrogens is 2. The molecule has 144 valence electrons. The van der Waals surface area contributed by atoms with Gasteiger partial charge in [-0.2, -0.15) is 4.98 Å². The van der Waals surface area contributed by atoms with Crippen LogP contribution in [0.25, 0.3) is 0 Å². The molecule has 1 amide bonds. The molecule has 1 fully saturated rings. The van der Waals surface area contributed by atoms with Gasteiger partial charge in [-0.15, -0.1) is 0 Å². The van der Waals surface area contributed by atoms with E-state index in [0.717, 1.165) is 18.8 Å². The van der Waals surface area contributed by atoms with Crippen LogP contribution in [0, 0.1) is 13.8 Å². The Morgan fingerprint density at radius 1 is 1.15 bits per heavy atom. The molecular formula is C21H28N4O2. The summed E-state index contributed by atoms with van der Waals surface area (Å²) in [5.74, 6) is -0.163. The monoisotopic (exact) mass is 368 g/mol. The predicted molar refractivity (Wildman–Crippen MR) is 106 cm³/mol. The number of piperidine rings is 1. The number of amides is 1. The van der Waals surface area contributed by atoms with E-state index in [0.29, 0.717) is 12.2 Å². The van der Waals surface area contributed by atoms with Crippen molar-refractivity contribution in [1.29, 1.82) is 0 Å². The standard InChI is InChI=1S/C21H28N4O2/c1-16-13-17(2)25(21(27)23-16)15-20(26)22-14-19(18-9-5-3-6-10-18)24-11-7-4-8-12-24/h3,5-6,9-10,13,19H,4,7-8,11-12,14-15H2,1-2H3,(H,22,26)/t19-/m0/s1. The maximum Gasteiger partial charge on any atom is 0.348 e. The first-order valence-electron chi connectivity index (χ1n) is 9.65. The van der Waals surface area contributed by atoms with Crippen molar-refractivity contribution < 1.29 is 4.79 Å². The van der Waals surface area contributed by atoms with Gasteiger partial charge >= 0.3 is 5.69 Å². The Bertz CT molecular complexity index is 826. The van der Waals surface area contributed by atoms with E-state index in [4.69, 9.17) is 0 Å². The summed E-state index contributed by atoms with van der Waals surface area (Å²) in [4.78, 5) is 30.9. The minimum Gasteiger partial charge on any atom is -0.353 e. The van der Waals surface area contributed by atoms with Gasteiger partial charge in [0.1, 0.15) is 6.54 Å². The number of rotatable bonds is 6. The zero-order chi connectivity index (χ0) is 19.2. The quantitative estimate of drug-likeness (QED) is 0.849. The largest absolute Gasteiger partial charge is 0.353 e. The minimum atomic E-state index is -0.377. The lowest BCUT2D eigenvalue weighted by molar-refractivity contribution is -0.122. The molecule has 2 aromatic rings. The fourth-order valence-corrected chi connectivity index (χ4v) is 3.74. The van der Waals surface area contributed by atoms with Crippen molar-refractivity contribution in [1.82, 2.24) is 19.8 Å². The van der Waals surface area contributed by atoms with Crippen LogP contribution in [0.4, 0.5) is 0 Å². The molecule has 2 heterocycles. The van der Waals surface area contributed by atoms with Gasteiger partial charge in [-0.05, 0) is 51.4 Å². The van der Waals surface area contributed by atoms with Gasteiger partial charge in [-0.1, -0.05) is 36.8 Å². The Morgan fingerprint density at radius 3 is 2.52 bits per heavy atom. The lowest BCUT2D eigenvalue weighted by Gasteiger charge is -2.35. The number of benzene rings is 1. The highest BCUT2D eigenvalue weighted by molar-refractivity contribution is 5.75. The van der Waals surface area contributed by atoms with Crippen LogP contribution in [0.2, 0.25) is 0 Å². The third kappa shape index (κ3) is 5.04. The molecule has 1 atom stereocenters. The number of aryl methyl sites for hydroxylation is 2. The molecule has 1 N–H and O–H groups in total. The third-order valence-electron chi connectivity index (χ3n) is 5.16. The van der Waals surface area contributed by atoms with Gasteiger partial charge in [0.2, 0.25) is 5.91 Å². The van der Waals surface area contributed by atoms with E-state index in [9.17, 15) is 9.59 Å². The number of nitrogens with zero attached hydrogens (tertiary/aromatic N) is 3. The number of likely N-dealkylation sites (tertiary alicyclic amines) is 1. The fraction of sp³-hybridized carbons (Fsp3) is 0.476. The van der Waals surface area contributed by atoms with E-state index in [-0.39, 0.29) is 24.2 Å². The van der Waals surface area contributed by atoms with Crippen LogP contribution in [0.1, 0.15) is 42.3 Å². The second-order valence-electron chi connectivity index (χ2n) is 7.23. The summed E-state index contributed by atoms with van der Waals surface area (Å²) in [7, 11) is 0. The molecule has 6 nitrogen and oxygen atoms in total. The van der Waals surface area contributed by atoms with Crippen LogP contribution in [0.3, 0.4) is 0 Å². The van der Waals surface area contributed by atoms with E-state index in [1.807, 2.05) is 31.2 Å². The minimum absolute atomic E-state index is 0.000539. The average molecular weight is 368 g/mol. The van der Waals surface area contributed by atoms with Gasteiger partial charge in [0, 0.05) is 17.9 Å². The van der Waals surface area contributed by atoms with Crippen molar-refractivity contribution in [3.05, 3.63) is 63.8 Å². The topological polar surface area (TPSA) is 67.2 Å². The summed E-state index contributed by atoms with van der Waals surface area (Å²) in [5.41, 5.74) is 2.25. The SMILES string of the molecule is Cc1cc(C)n(CC(=O)NC[C@@H](c2ccccc2)N2CCCCC2)c(=O)n1. The number of carbonyl (C=O) groups excluding carboxylic acids is 1. The first-order chi connectivity index (χ1) is 13.0. The first kappa shape index (κ1) is 19.3. The molecule has 1 aromatic heterocycles. The van der Waals surface area contributed by atoms with E-state index in [1.54, 1.807) is 6.92 Å². The number of carbonyl (C=O) groups is 1. The van der Waals surface area contributed by atoms with Crippen molar-refractivity contribution in [3.63, 3.8) is 0 Å². The Kier molecular flexibility index (Phi) is 6.40. The molecule has 1 aliphatic heterocycles. The average Bonchev–Trinajstić information content (AvgIpc) is 2.66. The molecule has 0 radical (unpaired) electrons. The molecule has 0 unspecified atom stereocenters. The highest BCUT2D eigenvalue weighted by atomic mass is 16.2. The molecule has 3 rings (SSSR count). The molecule has 27 heavy (non-hydrogen) atoms. The lowest BCUT2D eigenvalue weighted by Crippen LogP contribution is -2.42. The van der Waals surface area contributed by atoms with Crippen LogP contribution in [0.5, 0.6) is 0 Å². The molecule has 0 spiro atoms. The summed E-state index contributed by atoms with van der Waals surface area (Å²) >= 11 is 0. The number of nitrogens with one attached hydrogen (secondary N) is 1.